The largest absolute Gasteiger partial charge is 0.497 e. The molecule has 0 radical (unpaired) electrons. The summed E-state index contributed by atoms with van der Waals surface area (Å²) in [6.45, 7) is 4.02. The second kappa shape index (κ2) is 6.58. The number of hydrogen-bond donors (Lipinski definition) is 1. The first kappa shape index (κ1) is 15.8. The highest BCUT2D eigenvalue weighted by Gasteiger charge is 2.13. The standard InChI is InChI=1S/C19H18N2O3/c1-12-7-8-16(13(2)9-12)20-11-17-19(22)24-18(21-17)14-5-4-6-15(10-14)23-3/h4-11,22H,1-3H3. The molecule has 0 bridgehead atoms. The second-order valence-electron chi connectivity index (χ2n) is 5.49. The number of aromatic nitrogens is 1. The Bertz CT molecular complexity index is 897. The molecule has 0 spiro atoms. The minimum Gasteiger partial charge on any atom is -0.497 e. The van der Waals surface area contributed by atoms with Gasteiger partial charge in [0.1, 0.15) is 5.75 Å². The van der Waals surface area contributed by atoms with Gasteiger partial charge in [0.15, 0.2) is 5.69 Å². The van der Waals surface area contributed by atoms with Gasteiger partial charge in [-0.3, -0.25) is 4.99 Å². The summed E-state index contributed by atoms with van der Waals surface area (Å²) in [6.07, 6.45) is 1.50. The zero-order valence-electron chi connectivity index (χ0n) is 13.8. The minimum absolute atomic E-state index is 0.263. The van der Waals surface area contributed by atoms with Gasteiger partial charge in [-0.25, -0.2) is 4.98 Å². The van der Waals surface area contributed by atoms with Crippen molar-refractivity contribution < 1.29 is 14.3 Å². The van der Waals surface area contributed by atoms with E-state index in [-0.39, 0.29) is 11.6 Å². The lowest BCUT2D eigenvalue weighted by molar-refractivity contribution is 0.336. The summed E-state index contributed by atoms with van der Waals surface area (Å²) in [6, 6.07) is 13.3. The lowest BCUT2D eigenvalue weighted by atomic mass is 10.1. The zero-order valence-corrected chi connectivity index (χ0v) is 13.8. The number of methoxy groups -OCH3 is 1. The highest BCUT2D eigenvalue weighted by molar-refractivity contribution is 5.83. The van der Waals surface area contributed by atoms with Crippen molar-refractivity contribution in [3.63, 3.8) is 0 Å². The van der Waals surface area contributed by atoms with Gasteiger partial charge >= 0.3 is 5.95 Å². The molecular weight excluding hydrogens is 304 g/mol. The molecular formula is C19H18N2O3. The number of rotatable bonds is 4. The predicted molar refractivity (Wildman–Crippen MR) is 93.3 cm³/mol. The quantitative estimate of drug-likeness (QED) is 0.722. The topological polar surface area (TPSA) is 67.9 Å². The number of ether oxygens (including phenoxy) is 1. The second-order valence-corrected chi connectivity index (χ2v) is 5.49. The Labute approximate surface area is 140 Å². The summed E-state index contributed by atoms with van der Waals surface area (Å²) in [5, 5.41) is 9.96. The minimum atomic E-state index is -0.263. The molecule has 1 N–H and O–H groups in total. The third-order valence-corrected chi connectivity index (χ3v) is 3.63. The molecule has 0 aliphatic rings. The Hall–Kier alpha value is -3.08. The van der Waals surface area contributed by atoms with E-state index in [1.807, 2.05) is 44.2 Å². The van der Waals surface area contributed by atoms with Crippen LogP contribution in [0.15, 0.2) is 51.9 Å². The van der Waals surface area contributed by atoms with Crippen LogP contribution in [0.4, 0.5) is 5.69 Å². The van der Waals surface area contributed by atoms with E-state index in [0.717, 1.165) is 16.8 Å². The first-order valence-electron chi connectivity index (χ1n) is 7.52. The highest BCUT2D eigenvalue weighted by Crippen LogP contribution is 2.28. The maximum Gasteiger partial charge on any atom is 0.312 e. The van der Waals surface area contributed by atoms with Crippen LogP contribution in [0.2, 0.25) is 0 Å². The van der Waals surface area contributed by atoms with Crippen molar-refractivity contribution in [1.82, 2.24) is 4.98 Å². The van der Waals surface area contributed by atoms with Crippen molar-refractivity contribution >= 4 is 11.9 Å². The van der Waals surface area contributed by atoms with Gasteiger partial charge in [-0.15, -0.1) is 0 Å². The predicted octanol–water partition coefficient (Wildman–Crippen LogP) is 4.42. The molecule has 5 heteroatoms. The molecule has 1 heterocycles. The average molecular weight is 322 g/mol. The van der Waals surface area contributed by atoms with Crippen molar-refractivity contribution in [2.24, 2.45) is 4.99 Å². The molecule has 24 heavy (non-hydrogen) atoms. The zero-order chi connectivity index (χ0) is 17.1. The van der Waals surface area contributed by atoms with Crippen LogP contribution in [0.1, 0.15) is 16.8 Å². The van der Waals surface area contributed by atoms with Crippen molar-refractivity contribution in [2.45, 2.75) is 13.8 Å². The number of aliphatic imine (C=N–C) groups is 1. The average Bonchev–Trinajstić information content (AvgIpc) is 2.95. The first-order valence-corrected chi connectivity index (χ1v) is 7.52. The number of aryl methyl sites for hydroxylation is 2. The van der Waals surface area contributed by atoms with Crippen LogP contribution < -0.4 is 4.74 Å². The van der Waals surface area contributed by atoms with E-state index >= 15 is 0 Å². The van der Waals surface area contributed by atoms with Gasteiger partial charge in [-0.1, -0.05) is 23.8 Å². The van der Waals surface area contributed by atoms with Crippen LogP contribution >= 0.6 is 0 Å². The fraction of sp³-hybridized carbons (Fsp3) is 0.158. The maximum absolute atomic E-state index is 9.96. The Morgan fingerprint density at radius 2 is 2.00 bits per heavy atom. The Kier molecular flexibility index (Phi) is 4.33. The molecule has 0 atom stereocenters. The lowest BCUT2D eigenvalue weighted by Gasteiger charge is -2.00. The smallest absolute Gasteiger partial charge is 0.312 e. The number of nitrogens with zero attached hydrogens (tertiary/aromatic N) is 2. The van der Waals surface area contributed by atoms with Gasteiger partial charge in [-0.2, -0.15) is 0 Å². The van der Waals surface area contributed by atoms with Gasteiger partial charge in [0, 0.05) is 5.56 Å². The molecule has 0 unspecified atom stereocenters. The maximum atomic E-state index is 9.96. The molecule has 0 aliphatic heterocycles. The molecule has 2 aromatic carbocycles. The molecule has 3 aromatic rings. The van der Waals surface area contributed by atoms with E-state index in [1.54, 1.807) is 13.2 Å². The first-order chi connectivity index (χ1) is 11.6. The van der Waals surface area contributed by atoms with Crippen LogP contribution in [0.25, 0.3) is 11.5 Å². The van der Waals surface area contributed by atoms with E-state index in [1.165, 1.54) is 11.8 Å². The van der Waals surface area contributed by atoms with E-state index in [4.69, 9.17) is 9.15 Å². The molecule has 0 amide bonds. The lowest BCUT2D eigenvalue weighted by Crippen LogP contribution is -1.85. The SMILES string of the molecule is COc1cccc(-c2nc(C=Nc3ccc(C)cc3C)c(O)o2)c1. The third-order valence-electron chi connectivity index (χ3n) is 3.63. The van der Waals surface area contributed by atoms with Gasteiger partial charge in [0.2, 0.25) is 5.89 Å². The highest BCUT2D eigenvalue weighted by atomic mass is 16.5. The Balaban J connectivity index is 1.90. The molecule has 5 nitrogen and oxygen atoms in total. The van der Waals surface area contributed by atoms with Gasteiger partial charge < -0.3 is 14.3 Å². The fourth-order valence-corrected chi connectivity index (χ4v) is 2.37. The molecule has 0 aliphatic carbocycles. The number of hydrogen-bond acceptors (Lipinski definition) is 5. The van der Waals surface area contributed by atoms with Crippen LogP contribution in [0.3, 0.4) is 0 Å². The fourth-order valence-electron chi connectivity index (χ4n) is 2.37. The van der Waals surface area contributed by atoms with Gasteiger partial charge in [0.05, 0.1) is 19.0 Å². The van der Waals surface area contributed by atoms with Gasteiger partial charge in [0.25, 0.3) is 0 Å². The third kappa shape index (κ3) is 3.30. The van der Waals surface area contributed by atoms with E-state index in [0.29, 0.717) is 11.6 Å². The summed E-state index contributed by atoms with van der Waals surface area (Å²) < 4.78 is 10.5. The van der Waals surface area contributed by atoms with E-state index in [2.05, 4.69) is 16.0 Å². The number of aromatic hydroxyl groups is 1. The molecule has 0 saturated carbocycles. The van der Waals surface area contributed by atoms with E-state index < -0.39 is 0 Å². The molecule has 122 valence electrons. The summed E-state index contributed by atoms with van der Waals surface area (Å²) in [7, 11) is 1.59. The summed E-state index contributed by atoms with van der Waals surface area (Å²) in [5.41, 5.74) is 4.06. The van der Waals surface area contributed by atoms with E-state index in [9.17, 15) is 5.11 Å². The van der Waals surface area contributed by atoms with Crippen molar-refractivity contribution in [3.05, 3.63) is 59.3 Å². The Morgan fingerprint density at radius 1 is 1.17 bits per heavy atom. The van der Waals surface area contributed by atoms with Crippen molar-refractivity contribution in [1.29, 1.82) is 0 Å². The summed E-state index contributed by atoms with van der Waals surface area (Å²) in [5.74, 6) is 0.741. The van der Waals surface area contributed by atoms with Crippen molar-refractivity contribution in [2.75, 3.05) is 7.11 Å². The van der Waals surface area contributed by atoms with Crippen LogP contribution in [0.5, 0.6) is 11.7 Å². The monoisotopic (exact) mass is 322 g/mol. The normalized spacial score (nSPS) is 11.1. The van der Waals surface area contributed by atoms with Crippen LogP contribution in [-0.2, 0) is 0 Å². The van der Waals surface area contributed by atoms with Crippen LogP contribution in [0, 0.1) is 13.8 Å². The molecule has 0 saturated heterocycles. The number of oxazole rings is 1. The summed E-state index contributed by atoms with van der Waals surface area (Å²) in [4.78, 5) is 8.68. The van der Waals surface area contributed by atoms with Crippen molar-refractivity contribution in [3.8, 4) is 23.1 Å². The molecule has 0 fully saturated rings. The Morgan fingerprint density at radius 3 is 2.75 bits per heavy atom. The molecule has 1 aromatic heterocycles. The van der Waals surface area contributed by atoms with Crippen LogP contribution in [-0.4, -0.2) is 23.4 Å². The van der Waals surface area contributed by atoms with Gasteiger partial charge in [-0.05, 0) is 43.7 Å². The summed E-state index contributed by atoms with van der Waals surface area (Å²) >= 11 is 0. The number of benzene rings is 2. The molecule has 3 rings (SSSR count).